The Hall–Kier alpha value is -3.40. The van der Waals surface area contributed by atoms with Gasteiger partial charge in [-0.25, -0.2) is 4.79 Å². The molecule has 0 saturated heterocycles. The zero-order valence-electron chi connectivity index (χ0n) is 18.7. The molecule has 0 bridgehead atoms. The van der Waals surface area contributed by atoms with E-state index < -0.39 is 11.9 Å². The number of benzene rings is 2. The SMILES string of the molecule is C=CC(=O)O.C=Cc1ccccc1.C=Cc1ccccc1.CC(C)CCCCC(=O)O. The van der Waals surface area contributed by atoms with Gasteiger partial charge in [-0.3, -0.25) is 4.79 Å². The second kappa shape index (κ2) is 21.3. The highest BCUT2D eigenvalue weighted by molar-refractivity contribution is 5.78. The van der Waals surface area contributed by atoms with E-state index in [0.29, 0.717) is 12.3 Å². The van der Waals surface area contributed by atoms with Crippen LogP contribution in [0.15, 0.2) is 86.5 Å². The predicted molar refractivity (Wildman–Crippen MR) is 132 cm³/mol. The van der Waals surface area contributed by atoms with Gasteiger partial charge < -0.3 is 10.2 Å². The third kappa shape index (κ3) is 24.6. The molecule has 2 rings (SSSR count). The van der Waals surface area contributed by atoms with Crippen molar-refractivity contribution in [2.75, 3.05) is 0 Å². The van der Waals surface area contributed by atoms with Gasteiger partial charge in [0.1, 0.15) is 0 Å². The van der Waals surface area contributed by atoms with Crippen molar-refractivity contribution in [3.05, 3.63) is 97.6 Å². The number of hydrogen-bond donors (Lipinski definition) is 2. The minimum Gasteiger partial charge on any atom is -0.481 e. The van der Waals surface area contributed by atoms with Crippen molar-refractivity contribution in [2.24, 2.45) is 5.92 Å². The molecule has 0 unspecified atom stereocenters. The molecule has 0 fully saturated rings. The van der Waals surface area contributed by atoms with Crippen LogP contribution in [0.25, 0.3) is 12.2 Å². The minimum absolute atomic E-state index is 0.326. The number of carboxylic acid groups (broad SMARTS) is 2. The van der Waals surface area contributed by atoms with Crippen molar-refractivity contribution >= 4 is 24.1 Å². The summed E-state index contributed by atoms with van der Waals surface area (Å²) in [5.74, 6) is -0.956. The first-order valence-electron chi connectivity index (χ1n) is 10.2. The maximum absolute atomic E-state index is 10.0. The maximum atomic E-state index is 10.0. The molecule has 0 aliphatic rings. The first-order chi connectivity index (χ1) is 14.8. The van der Waals surface area contributed by atoms with E-state index in [-0.39, 0.29) is 0 Å². The molecule has 0 saturated carbocycles. The zero-order valence-corrected chi connectivity index (χ0v) is 18.7. The van der Waals surface area contributed by atoms with Gasteiger partial charge in [-0.15, -0.1) is 0 Å². The topological polar surface area (TPSA) is 74.6 Å². The van der Waals surface area contributed by atoms with Crippen molar-refractivity contribution in [3.8, 4) is 0 Å². The third-order valence-electron chi connectivity index (χ3n) is 3.67. The molecule has 2 aromatic carbocycles. The Balaban J connectivity index is 0. The average molecular weight is 425 g/mol. The van der Waals surface area contributed by atoms with Crippen LogP contribution in [0.3, 0.4) is 0 Å². The fourth-order valence-corrected chi connectivity index (χ4v) is 2.01. The minimum atomic E-state index is -0.981. The summed E-state index contributed by atoms with van der Waals surface area (Å²) < 4.78 is 0. The molecule has 2 aromatic rings. The van der Waals surface area contributed by atoms with Crippen LogP contribution in [-0.4, -0.2) is 22.2 Å². The van der Waals surface area contributed by atoms with Crippen LogP contribution in [-0.2, 0) is 9.59 Å². The van der Waals surface area contributed by atoms with Gasteiger partial charge in [0.15, 0.2) is 0 Å². The highest BCUT2D eigenvalue weighted by Crippen LogP contribution is 2.07. The van der Waals surface area contributed by atoms with Crippen molar-refractivity contribution < 1.29 is 19.8 Å². The molecule has 0 radical (unpaired) electrons. The first kappa shape index (κ1) is 29.8. The van der Waals surface area contributed by atoms with Gasteiger partial charge in [-0.05, 0) is 23.5 Å². The van der Waals surface area contributed by atoms with Crippen LogP contribution >= 0.6 is 0 Å². The van der Waals surface area contributed by atoms with Gasteiger partial charge in [0, 0.05) is 12.5 Å². The first-order valence-corrected chi connectivity index (χ1v) is 10.2. The fourth-order valence-electron chi connectivity index (χ4n) is 2.01. The smallest absolute Gasteiger partial charge is 0.327 e. The molecule has 0 atom stereocenters. The Morgan fingerprint density at radius 3 is 1.42 bits per heavy atom. The normalized spacial score (nSPS) is 8.74. The number of hydrogen-bond acceptors (Lipinski definition) is 2. The second-order valence-corrected chi connectivity index (χ2v) is 6.81. The van der Waals surface area contributed by atoms with Gasteiger partial charge in [0.05, 0.1) is 0 Å². The monoisotopic (exact) mass is 424 g/mol. The van der Waals surface area contributed by atoms with Gasteiger partial charge in [0.25, 0.3) is 0 Å². The van der Waals surface area contributed by atoms with E-state index >= 15 is 0 Å². The lowest BCUT2D eigenvalue weighted by atomic mass is 10.1. The van der Waals surface area contributed by atoms with Crippen molar-refractivity contribution in [1.29, 1.82) is 0 Å². The van der Waals surface area contributed by atoms with E-state index in [1.807, 2.05) is 72.8 Å². The summed E-state index contributed by atoms with van der Waals surface area (Å²) in [6, 6.07) is 20.1. The van der Waals surface area contributed by atoms with Gasteiger partial charge in [-0.1, -0.05) is 119 Å². The quantitative estimate of drug-likeness (QED) is 0.347. The summed E-state index contributed by atoms with van der Waals surface area (Å²) in [6.45, 7) is 14.5. The fraction of sp³-hybridized carbons (Fsp3) is 0.259. The predicted octanol–water partition coefficient (Wildman–Crippen LogP) is 7.20. The van der Waals surface area contributed by atoms with Crippen molar-refractivity contribution in [3.63, 3.8) is 0 Å². The Bertz CT molecular complexity index is 691. The maximum Gasteiger partial charge on any atom is 0.327 e. The molecular formula is C27H36O4. The highest BCUT2D eigenvalue weighted by atomic mass is 16.4. The molecular weight excluding hydrogens is 388 g/mol. The Morgan fingerprint density at radius 2 is 1.19 bits per heavy atom. The lowest BCUT2D eigenvalue weighted by Crippen LogP contribution is -1.94. The lowest BCUT2D eigenvalue weighted by Gasteiger charge is -2.01. The van der Waals surface area contributed by atoms with E-state index in [2.05, 4.69) is 33.6 Å². The van der Waals surface area contributed by atoms with Crippen LogP contribution in [0.5, 0.6) is 0 Å². The standard InChI is InChI=1S/C8H16O2.2C8H8.C3H4O2/c1-7(2)5-3-4-6-8(9)10;2*1-2-8-6-4-3-5-7-8;1-2-3(4)5/h7H,3-6H2,1-2H3,(H,9,10);2*2-7H,1H2;2H,1H2,(H,4,5). The largest absolute Gasteiger partial charge is 0.481 e. The summed E-state index contributed by atoms with van der Waals surface area (Å²) in [5.41, 5.74) is 2.35. The molecule has 4 nitrogen and oxygen atoms in total. The van der Waals surface area contributed by atoms with E-state index in [9.17, 15) is 9.59 Å². The van der Waals surface area contributed by atoms with Gasteiger partial charge >= 0.3 is 11.9 Å². The number of unbranched alkanes of at least 4 members (excludes halogenated alkanes) is 1. The molecule has 4 heteroatoms. The lowest BCUT2D eigenvalue weighted by molar-refractivity contribution is -0.137. The van der Waals surface area contributed by atoms with Crippen LogP contribution in [0.2, 0.25) is 0 Å². The third-order valence-corrected chi connectivity index (χ3v) is 3.67. The van der Waals surface area contributed by atoms with Gasteiger partial charge in [0.2, 0.25) is 0 Å². The molecule has 2 N–H and O–H groups in total. The number of aliphatic carboxylic acids is 2. The highest BCUT2D eigenvalue weighted by Gasteiger charge is 1.97. The number of rotatable bonds is 8. The molecule has 0 heterocycles. The molecule has 0 aliphatic heterocycles. The second-order valence-electron chi connectivity index (χ2n) is 6.81. The Morgan fingerprint density at radius 1 is 0.806 bits per heavy atom. The summed E-state index contributed by atoms with van der Waals surface area (Å²) >= 11 is 0. The summed E-state index contributed by atoms with van der Waals surface area (Å²) in [6.07, 6.45) is 7.84. The van der Waals surface area contributed by atoms with Crippen molar-refractivity contribution in [1.82, 2.24) is 0 Å². The summed E-state index contributed by atoms with van der Waals surface area (Å²) in [5, 5.41) is 15.9. The number of carbonyl (C=O) groups is 2. The summed E-state index contributed by atoms with van der Waals surface area (Å²) in [7, 11) is 0. The molecule has 0 amide bonds. The molecule has 0 aliphatic carbocycles. The van der Waals surface area contributed by atoms with E-state index in [1.165, 1.54) is 11.1 Å². The average Bonchev–Trinajstić information content (AvgIpc) is 2.79. The van der Waals surface area contributed by atoms with Crippen LogP contribution < -0.4 is 0 Å². The summed E-state index contributed by atoms with van der Waals surface area (Å²) in [4.78, 5) is 19.3. The van der Waals surface area contributed by atoms with Crippen LogP contribution in [0, 0.1) is 5.92 Å². The molecule has 0 spiro atoms. The molecule has 31 heavy (non-hydrogen) atoms. The van der Waals surface area contributed by atoms with Crippen LogP contribution in [0.4, 0.5) is 0 Å². The van der Waals surface area contributed by atoms with Crippen LogP contribution in [0.1, 0.15) is 50.7 Å². The van der Waals surface area contributed by atoms with E-state index in [0.717, 1.165) is 25.3 Å². The van der Waals surface area contributed by atoms with Crippen molar-refractivity contribution in [2.45, 2.75) is 39.5 Å². The number of carboxylic acids is 2. The van der Waals surface area contributed by atoms with E-state index in [4.69, 9.17) is 10.2 Å². The Labute approximate surface area is 187 Å². The molecule has 0 aromatic heterocycles. The zero-order chi connectivity index (χ0) is 23.9. The van der Waals surface area contributed by atoms with E-state index in [1.54, 1.807) is 0 Å². The van der Waals surface area contributed by atoms with Gasteiger partial charge in [-0.2, -0.15) is 0 Å². The Kier molecular flexibility index (Phi) is 20.5. The molecule has 168 valence electrons.